The van der Waals surface area contributed by atoms with Gasteiger partial charge in [0.25, 0.3) is 5.56 Å². The van der Waals surface area contributed by atoms with Gasteiger partial charge in [0.15, 0.2) is 0 Å². The number of benzene rings is 1. The van der Waals surface area contributed by atoms with E-state index < -0.39 is 0 Å². The van der Waals surface area contributed by atoms with E-state index in [-0.39, 0.29) is 11.5 Å². The van der Waals surface area contributed by atoms with Gasteiger partial charge in [-0.2, -0.15) is 0 Å². The maximum absolute atomic E-state index is 12.0. The molecule has 0 radical (unpaired) electrons. The highest BCUT2D eigenvalue weighted by Gasteiger charge is 2.11. The van der Waals surface area contributed by atoms with Crippen molar-refractivity contribution < 1.29 is 0 Å². The largest absolute Gasteiger partial charge is 0.310 e. The van der Waals surface area contributed by atoms with E-state index in [1.165, 1.54) is 5.56 Å². The van der Waals surface area contributed by atoms with E-state index in [4.69, 9.17) is 0 Å². The molecule has 1 aromatic heterocycles. The Morgan fingerprint density at radius 2 is 1.85 bits per heavy atom. The standard InChI is InChI=1S/C17H22N2O/c1-5-6-13-7-9-14(10-8-13)15-12(4)17(20)19-16(18-15)11(2)3/h7-11H,5-6H2,1-4H3,(H,18,19,20). The Morgan fingerprint density at radius 1 is 1.20 bits per heavy atom. The van der Waals surface area contributed by atoms with Crippen molar-refractivity contribution >= 4 is 0 Å². The van der Waals surface area contributed by atoms with E-state index in [1.54, 1.807) is 0 Å². The second-order valence-corrected chi connectivity index (χ2v) is 5.53. The lowest BCUT2D eigenvalue weighted by molar-refractivity contribution is 0.765. The molecule has 0 unspecified atom stereocenters. The molecule has 0 aliphatic carbocycles. The van der Waals surface area contributed by atoms with E-state index in [2.05, 4.69) is 41.2 Å². The van der Waals surface area contributed by atoms with Gasteiger partial charge < -0.3 is 4.98 Å². The number of hydrogen-bond donors (Lipinski definition) is 1. The summed E-state index contributed by atoms with van der Waals surface area (Å²) in [5.41, 5.74) is 3.76. The molecule has 0 saturated heterocycles. The monoisotopic (exact) mass is 270 g/mol. The topological polar surface area (TPSA) is 45.8 Å². The van der Waals surface area contributed by atoms with Gasteiger partial charge in [0.2, 0.25) is 0 Å². The maximum Gasteiger partial charge on any atom is 0.254 e. The molecule has 0 saturated carbocycles. The van der Waals surface area contributed by atoms with Crippen LogP contribution >= 0.6 is 0 Å². The van der Waals surface area contributed by atoms with Crippen LogP contribution in [0.25, 0.3) is 11.3 Å². The molecule has 0 atom stereocenters. The summed E-state index contributed by atoms with van der Waals surface area (Å²) in [4.78, 5) is 19.5. The zero-order valence-electron chi connectivity index (χ0n) is 12.7. The first-order valence-electron chi connectivity index (χ1n) is 7.23. The van der Waals surface area contributed by atoms with Gasteiger partial charge in [-0.25, -0.2) is 4.98 Å². The second kappa shape index (κ2) is 6.04. The molecule has 3 heteroatoms. The average Bonchev–Trinajstić information content (AvgIpc) is 2.43. The van der Waals surface area contributed by atoms with E-state index in [0.29, 0.717) is 5.56 Å². The summed E-state index contributed by atoms with van der Waals surface area (Å²) in [5, 5.41) is 0. The first kappa shape index (κ1) is 14.5. The zero-order chi connectivity index (χ0) is 14.7. The summed E-state index contributed by atoms with van der Waals surface area (Å²) >= 11 is 0. The Balaban J connectivity index is 2.48. The van der Waals surface area contributed by atoms with Gasteiger partial charge in [-0.15, -0.1) is 0 Å². The van der Waals surface area contributed by atoms with Crippen LogP contribution < -0.4 is 5.56 Å². The number of aromatic amines is 1. The Kier molecular flexibility index (Phi) is 4.38. The molecule has 1 N–H and O–H groups in total. The van der Waals surface area contributed by atoms with Gasteiger partial charge in [0, 0.05) is 17.0 Å². The molecule has 0 aliphatic rings. The van der Waals surface area contributed by atoms with Crippen molar-refractivity contribution in [1.29, 1.82) is 0 Å². The van der Waals surface area contributed by atoms with Crippen molar-refractivity contribution in [3.63, 3.8) is 0 Å². The lowest BCUT2D eigenvalue weighted by atomic mass is 10.0. The zero-order valence-corrected chi connectivity index (χ0v) is 12.7. The van der Waals surface area contributed by atoms with Crippen LogP contribution in [0.4, 0.5) is 0 Å². The molecule has 20 heavy (non-hydrogen) atoms. The van der Waals surface area contributed by atoms with Gasteiger partial charge in [0.05, 0.1) is 5.69 Å². The molecule has 0 fully saturated rings. The van der Waals surface area contributed by atoms with Crippen LogP contribution in [0.15, 0.2) is 29.1 Å². The Hall–Kier alpha value is -1.90. The molecule has 3 nitrogen and oxygen atoms in total. The molecule has 0 spiro atoms. The smallest absolute Gasteiger partial charge is 0.254 e. The van der Waals surface area contributed by atoms with Gasteiger partial charge in [0.1, 0.15) is 5.82 Å². The summed E-state index contributed by atoms with van der Waals surface area (Å²) in [6.07, 6.45) is 2.22. The Bertz CT molecular complexity index is 639. The van der Waals surface area contributed by atoms with Crippen LogP contribution in [0.3, 0.4) is 0 Å². The van der Waals surface area contributed by atoms with Gasteiger partial charge in [-0.1, -0.05) is 51.5 Å². The molecular weight excluding hydrogens is 248 g/mol. The highest BCUT2D eigenvalue weighted by Crippen LogP contribution is 2.21. The third kappa shape index (κ3) is 2.98. The molecular formula is C17H22N2O. The van der Waals surface area contributed by atoms with Gasteiger partial charge >= 0.3 is 0 Å². The third-order valence-electron chi connectivity index (χ3n) is 3.48. The minimum atomic E-state index is -0.0451. The fourth-order valence-electron chi connectivity index (χ4n) is 2.22. The molecule has 1 heterocycles. The predicted molar refractivity (Wildman–Crippen MR) is 83.1 cm³/mol. The van der Waals surface area contributed by atoms with Crippen LogP contribution in [-0.2, 0) is 6.42 Å². The Morgan fingerprint density at radius 3 is 2.40 bits per heavy atom. The van der Waals surface area contributed by atoms with Crippen molar-refractivity contribution in [2.24, 2.45) is 0 Å². The lowest BCUT2D eigenvalue weighted by Crippen LogP contribution is -2.16. The van der Waals surface area contributed by atoms with Crippen molar-refractivity contribution in [1.82, 2.24) is 9.97 Å². The fraction of sp³-hybridized carbons (Fsp3) is 0.412. The van der Waals surface area contributed by atoms with Gasteiger partial charge in [-0.05, 0) is 18.9 Å². The molecule has 2 rings (SSSR count). The first-order valence-corrected chi connectivity index (χ1v) is 7.23. The van der Waals surface area contributed by atoms with Crippen LogP contribution in [0.2, 0.25) is 0 Å². The van der Waals surface area contributed by atoms with E-state index in [9.17, 15) is 4.79 Å². The second-order valence-electron chi connectivity index (χ2n) is 5.53. The number of aryl methyl sites for hydroxylation is 1. The third-order valence-corrected chi connectivity index (χ3v) is 3.48. The first-order chi connectivity index (χ1) is 9.52. The number of aromatic nitrogens is 2. The fourth-order valence-corrected chi connectivity index (χ4v) is 2.22. The summed E-state index contributed by atoms with van der Waals surface area (Å²) < 4.78 is 0. The number of hydrogen-bond acceptors (Lipinski definition) is 2. The quantitative estimate of drug-likeness (QED) is 0.918. The molecule has 1 aromatic carbocycles. The molecule has 2 aromatic rings. The van der Waals surface area contributed by atoms with Crippen molar-refractivity contribution in [3.8, 4) is 11.3 Å². The molecule has 0 bridgehead atoms. The minimum Gasteiger partial charge on any atom is -0.310 e. The van der Waals surface area contributed by atoms with Gasteiger partial charge in [-0.3, -0.25) is 4.79 Å². The molecule has 106 valence electrons. The van der Waals surface area contributed by atoms with Crippen LogP contribution in [0, 0.1) is 6.92 Å². The normalized spacial score (nSPS) is 11.1. The predicted octanol–water partition coefficient (Wildman–Crippen LogP) is 3.82. The van der Waals surface area contributed by atoms with Crippen LogP contribution in [0.1, 0.15) is 50.1 Å². The SMILES string of the molecule is CCCc1ccc(-c2nc(C(C)C)[nH]c(=O)c2C)cc1. The highest BCUT2D eigenvalue weighted by atomic mass is 16.1. The van der Waals surface area contributed by atoms with Crippen LogP contribution in [0.5, 0.6) is 0 Å². The summed E-state index contributed by atoms with van der Waals surface area (Å²) in [7, 11) is 0. The lowest BCUT2D eigenvalue weighted by Gasteiger charge is -2.10. The van der Waals surface area contributed by atoms with Crippen molar-refractivity contribution in [2.75, 3.05) is 0 Å². The minimum absolute atomic E-state index is 0.0451. The molecule has 0 aliphatic heterocycles. The number of rotatable bonds is 4. The van der Waals surface area contributed by atoms with E-state index in [0.717, 1.165) is 29.9 Å². The van der Waals surface area contributed by atoms with Crippen LogP contribution in [-0.4, -0.2) is 9.97 Å². The average molecular weight is 270 g/mol. The number of nitrogens with zero attached hydrogens (tertiary/aromatic N) is 1. The number of H-pyrrole nitrogens is 1. The van der Waals surface area contributed by atoms with E-state index in [1.807, 2.05) is 20.8 Å². The van der Waals surface area contributed by atoms with Crippen molar-refractivity contribution in [2.45, 2.75) is 46.5 Å². The Labute approximate surface area is 120 Å². The van der Waals surface area contributed by atoms with E-state index >= 15 is 0 Å². The molecule has 0 amide bonds. The highest BCUT2D eigenvalue weighted by molar-refractivity contribution is 5.62. The maximum atomic E-state index is 12.0. The summed E-state index contributed by atoms with van der Waals surface area (Å²) in [6.45, 7) is 8.06. The summed E-state index contributed by atoms with van der Waals surface area (Å²) in [6, 6.07) is 8.36. The van der Waals surface area contributed by atoms with Crippen molar-refractivity contribution in [3.05, 3.63) is 51.6 Å². The summed E-state index contributed by atoms with van der Waals surface area (Å²) in [5.74, 6) is 0.953. The number of nitrogens with one attached hydrogen (secondary N) is 1.